The fourth-order valence-corrected chi connectivity index (χ4v) is 1.17. The number of ketones is 1. The van der Waals surface area contributed by atoms with E-state index in [-0.39, 0.29) is 11.5 Å². The van der Waals surface area contributed by atoms with Crippen LogP contribution in [0.25, 0.3) is 0 Å². The highest BCUT2D eigenvalue weighted by Crippen LogP contribution is 2.14. The van der Waals surface area contributed by atoms with E-state index in [0.717, 1.165) is 0 Å². The van der Waals surface area contributed by atoms with E-state index in [0.29, 0.717) is 17.9 Å². The van der Waals surface area contributed by atoms with Gasteiger partial charge in [-0.2, -0.15) is 0 Å². The number of hydrogen-bond acceptors (Lipinski definition) is 2. The maximum Gasteiger partial charge on any atom is 0.163 e. The fourth-order valence-electron chi connectivity index (χ4n) is 1.17. The molecule has 1 rings (SSSR count). The molecule has 0 heterocycles. The van der Waals surface area contributed by atoms with Gasteiger partial charge in [-0.3, -0.25) is 4.79 Å². The van der Waals surface area contributed by atoms with Crippen molar-refractivity contribution in [2.75, 3.05) is 0 Å². The van der Waals surface area contributed by atoms with Gasteiger partial charge in [0.15, 0.2) is 5.78 Å². The Hall–Kier alpha value is -1.31. The molecular formula is C11H14O2. The van der Waals surface area contributed by atoms with Gasteiger partial charge in [0.2, 0.25) is 0 Å². The first-order chi connectivity index (χ1) is 6.09. The van der Waals surface area contributed by atoms with Gasteiger partial charge >= 0.3 is 0 Å². The predicted octanol–water partition coefficient (Wildman–Crippen LogP) is 2.62. The van der Waals surface area contributed by atoms with Gasteiger partial charge in [-0.05, 0) is 18.1 Å². The molecule has 0 aromatic heterocycles. The molecule has 0 aliphatic carbocycles. The van der Waals surface area contributed by atoms with Gasteiger partial charge in [-0.15, -0.1) is 0 Å². The zero-order valence-electron chi connectivity index (χ0n) is 7.95. The summed E-state index contributed by atoms with van der Waals surface area (Å²) in [5, 5.41) is 9.14. The summed E-state index contributed by atoms with van der Waals surface area (Å²) in [5.74, 6) is 0.593. The Kier molecular flexibility index (Phi) is 3.07. The fraction of sp³-hybridized carbons (Fsp3) is 0.364. The van der Waals surface area contributed by atoms with E-state index in [4.69, 9.17) is 5.11 Å². The Bertz CT molecular complexity index is 303. The van der Waals surface area contributed by atoms with E-state index in [1.165, 1.54) is 6.07 Å². The summed E-state index contributed by atoms with van der Waals surface area (Å²) >= 11 is 0. The van der Waals surface area contributed by atoms with Crippen molar-refractivity contribution in [3.05, 3.63) is 29.8 Å². The minimum absolute atomic E-state index is 0.0888. The molecule has 0 spiro atoms. The lowest BCUT2D eigenvalue weighted by molar-refractivity contribution is 0.0967. The smallest absolute Gasteiger partial charge is 0.163 e. The van der Waals surface area contributed by atoms with Crippen LogP contribution in [0.4, 0.5) is 0 Å². The van der Waals surface area contributed by atoms with Crippen LogP contribution in [0.5, 0.6) is 5.75 Å². The molecule has 0 bridgehead atoms. The van der Waals surface area contributed by atoms with Gasteiger partial charge in [0.1, 0.15) is 5.75 Å². The molecule has 0 radical (unpaired) electrons. The predicted molar refractivity (Wildman–Crippen MR) is 51.9 cm³/mol. The van der Waals surface area contributed by atoms with Crippen LogP contribution >= 0.6 is 0 Å². The number of aromatic hydroxyl groups is 1. The van der Waals surface area contributed by atoms with Crippen molar-refractivity contribution in [1.82, 2.24) is 0 Å². The van der Waals surface area contributed by atoms with E-state index in [1.807, 2.05) is 13.8 Å². The summed E-state index contributed by atoms with van der Waals surface area (Å²) < 4.78 is 0. The van der Waals surface area contributed by atoms with Gasteiger partial charge in [0.25, 0.3) is 0 Å². The zero-order valence-corrected chi connectivity index (χ0v) is 7.95. The van der Waals surface area contributed by atoms with Crippen LogP contribution in [0, 0.1) is 5.92 Å². The van der Waals surface area contributed by atoms with Crippen molar-refractivity contribution in [3.8, 4) is 5.75 Å². The highest BCUT2D eigenvalue weighted by molar-refractivity contribution is 5.96. The Labute approximate surface area is 78.2 Å². The molecule has 0 aliphatic heterocycles. The van der Waals surface area contributed by atoms with E-state index in [1.54, 1.807) is 18.2 Å². The van der Waals surface area contributed by atoms with Crippen LogP contribution < -0.4 is 0 Å². The average Bonchev–Trinajstić information content (AvgIpc) is 2.03. The van der Waals surface area contributed by atoms with Crippen LogP contribution in [-0.4, -0.2) is 10.9 Å². The Balaban J connectivity index is 2.77. The van der Waals surface area contributed by atoms with Crippen molar-refractivity contribution < 1.29 is 9.90 Å². The minimum atomic E-state index is 0.0888. The molecule has 0 amide bonds. The molecule has 0 atom stereocenters. The van der Waals surface area contributed by atoms with Crippen molar-refractivity contribution in [3.63, 3.8) is 0 Å². The number of phenols is 1. The molecule has 0 saturated carbocycles. The lowest BCUT2D eigenvalue weighted by Crippen LogP contribution is -2.02. The highest BCUT2D eigenvalue weighted by atomic mass is 16.3. The van der Waals surface area contributed by atoms with Gasteiger partial charge < -0.3 is 5.11 Å². The monoisotopic (exact) mass is 178 g/mol. The van der Waals surface area contributed by atoms with Gasteiger partial charge in [-0.1, -0.05) is 26.0 Å². The first-order valence-electron chi connectivity index (χ1n) is 4.42. The van der Waals surface area contributed by atoms with E-state index >= 15 is 0 Å². The molecule has 13 heavy (non-hydrogen) atoms. The molecule has 70 valence electrons. The third-order valence-corrected chi connectivity index (χ3v) is 1.76. The second kappa shape index (κ2) is 4.08. The number of Topliss-reactive ketones (excluding diaryl/α,β-unsaturated/α-hetero) is 1. The van der Waals surface area contributed by atoms with Crippen molar-refractivity contribution in [1.29, 1.82) is 0 Å². The summed E-state index contributed by atoms with van der Waals surface area (Å²) in [4.78, 5) is 11.5. The number of rotatable bonds is 3. The molecule has 2 nitrogen and oxygen atoms in total. The number of hydrogen-bond donors (Lipinski definition) is 1. The van der Waals surface area contributed by atoms with Gasteiger partial charge in [-0.25, -0.2) is 0 Å². The third kappa shape index (κ3) is 2.90. The van der Waals surface area contributed by atoms with E-state index in [9.17, 15) is 4.79 Å². The standard InChI is InChI=1S/C11H14O2/c1-8(2)6-11(13)9-4-3-5-10(12)7-9/h3-5,7-8,12H,6H2,1-2H3. The molecule has 0 fully saturated rings. The lowest BCUT2D eigenvalue weighted by atomic mass is 10.0. The Morgan fingerprint density at radius 1 is 1.46 bits per heavy atom. The topological polar surface area (TPSA) is 37.3 Å². The Morgan fingerprint density at radius 2 is 2.15 bits per heavy atom. The zero-order chi connectivity index (χ0) is 9.84. The number of benzene rings is 1. The first kappa shape index (κ1) is 9.78. The molecule has 0 saturated heterocycles. The highest BCUT2D eigenvalue weighted by Gasteiger charge is 2.07. The van der Waals surface area contributed by atoms with Crippen LogP contribution in [0.1, 0.15) is 30.6 Å². The minimum Gasteiger partial charge on any atom is -0.508 e. The number of carbonyl (C=O) groups is 1. The number of phenolic OH excluding ortho intramolecular Hbond substituents is 1. The quantitative estimate of drug-likeness (QED) is 0.722. The molecule has 1 N–H and O–H groups in total. The van der Waals surface area contributed by atoms with E-state index in [2.05, 4.69) is 0 Å². The van der Waals surface area contributed by atoms with Crippen LogP contribution in [0.2, 0.25) is 0 Å². The molecule has 1 aromatic rings. The average molecular weight is 178 g/mol. The normalized spacial score (nSPS) is 10.4. The summed E-state index contributed by atoms with van der Waals surface area (Å²) in [7, 11) is 0. The van der Waals surface area contributed by atoms with Gasteiger partial charge in [0, 0.05) is 12.0 Å². The maximum atomic E-state index is 11.5. The molecule has 1 aromatic carbocycles. The SMILES string of the molecule is CC(C)CC(=O)c1cccc(O)c1. The third-order valence-electron chi connectivity index (χ3n) is 1.76. The molecule has 0 unspecified atom stereocenters. The molecule has 2 heteroatoms. The van der Waals surface area contributed by atoms with Crippen LogP contribution in [0.15, 0.2) is 24.3 Å². The summed E-state index contributed by atoms with van der Waals surface area (Å²) in [6.45, 7) is 4.00. The van der Waals surface area contributed by atoms with Crippen LogP contribution in [-0.2, 0) is 0 Å². The van der Waals surface area contributed by atoms with Crippen molar-refractivity contribution in [2.45, 2.75) is 20.3 Å². The summed E-state index contributed by atoms with van der Waals surface area (Å²) in [6.07, 6.45) is 0.531. The van der Waals surface area contributed by atoms with Crippen molar-refractivity contribution >= 4 is 5.78 Å². The largest absolute Gasteiger partial charge is 0.508 e. The maximum absolute atomic E-state index is 11.5. The van der Waals surface area contributed by atoms with Crippen molar-refractivity contribution in [2.24, 2.45) is 5.92 Å². The van der Waals surface area contributed by atoms with Crippen LogP contribution in [0.3, 0.4) is 0 Å². The Morgan fingerprint density at radius 3 is 2.69 bits per heavy atom. The molecular weight excluding hydrogens is 164 g/mol. The number of carbonyl (C=O) groups excluding carboxylic acids is 1. The second-order valence-electron chi connectivity index (χ2n) is 3.57. The second-order valence-corrected chi connectivity index (χ2v) is 3.57. The lowest BCUT2D eigenvalue weighted by Gasteiger charge is -2.03. The van der Waals surface area contributed by atoms with E-state index < -0.39 is 0 Å². The first-order valence-corrected chi connectivity index (χ1v) is 4.42. The summed E-state index contributed by atoms with van der Waals surface area (Å²) in [5.41, 5.74) is 0.591. The molecule has 0 aliphatic rings. The van der Waals surface area contributed by atoms with Gasteiger partial charge in [0.05, 0.1) is 0 Å². The summed E-state index contributed by atoms with van der Waals surface area (Å²) in [6, 6.07) is 6.48.